The van der Waals surface area contributed by atoms with E-state index in [0.717, 1.165) is 34.7 Å². The molecule has 3 aromatic heterocycles. The average molecular weight is 713 g/mol. The smallest absolute Gasteiger partial charge is 0.269 e. The van der Waals surface area contributed by atoms with Crippen LogP contribution in [0.5, 0.6) is 0 Å². The molecule has 8 nitrogen and oxygen atoms in total. The first-order valence-corrected chi connectivity index (χ1v) is 18.5. The van der Waals surface area contributed by atoms with E-state index in [9.17, 15) is 12.8 Å². The highest BCUT2D eigenvalue weighted by Crippen LogP contribution is 2.49. The summed E-state index contributed by atoms with van der Waals surface area (Å²) in [6.45, 7) is 3.47. The van der Waals surface area contributed by atoms with Crippen molar-refractivity contribution >= 4 is 44.0 Å². The lowest BCUT2D eigenvalue weighted by Crippen LogP contribution is -2.37. The Hall–Kier alpha value is -3.26. The number of piperidine rings is 1. The minimum Gasteiger partial charge on any atom is -0.359 e. The van der Waals surface area contributed by atoms with Gasteiger partial charge >= 0.3 is 0 Å². The fraction of sp³-hybridized carbons (Fsp3) is 0.371. The topological polar surface area (TPSA) is 86.6 Å². The molecule has 0 amide bonds. The maximum absolute atomic E-state index is 15.7. The molecular formula is C35H35ClF2N4O4S2. The Morgan fingerprint density at radius 1 is 1.06 bits per heavy atom. The van der Waals surface area contributed by atoms with Crippen molar-refractivity contribution in [3.8, 4) is 21.7 Å². The van der Waals surface area contributed by atoms with Gasteiger partial charge in [-0.15, -0.1) is 11.3 Å². The molecule has 1 saturated carbocycles. The van der Waals surface area contributed by atoms with Crippen LogP contribution in [0.2, 0.25) is 5.02 Å². The third kappa shape index (κ3) is 6.07. The largest absolute Gasteiger partial charge is 0.359 e. The number of halogens is 3. The molecule has 1 aliphatic heterocycles. The van der Waals surface area contributed by atoms with E-state index >= 15 is 4.39 Å². The van der Waals surface area contributed by atoms with Crippen LogP contribution in [0, 0.1) is 12.7 Å². The number of hydrogen-bond donors (Lipinski definition) is 0. The van der Waals surface area contributed by atoms with E-state index in [-0.39, 0.29) is 23.0 Å². The van der Waals surface area contributed by atoms with E-state index in [1.54, 1.807) is 55.8 Å². The number of likely N-dealkylation sites (tertiary alicyclic amines) is 1. The molecule has 0 radical (unpaired) electrons. The van der Waals surface area contributed by atoms with E-state index < -0.39 is 27.6 Å². The molecule has 1 saturated heterocycles. The molecule has 0 atom stereocenters. The normalized spacial score (nSPS) is 17.2. The number of aromatic nitrogens is 3. The monoisotopic (exact) mass is 712 g/mol. The van der Waals surface area contributed by atoms with Gasteiger partial charge in [0.15, 0.2) is 5.65 Å². The second-order valence-electron chi connectivity index (χ2n) is 12.5. The second kappa shape index (κ2) is 13.2. The fourth-order valence-electron chi connectivity index (χ4n) is 6.44. The van der Waals surface area contributed by atoms with Gasteiger partial charge in [0.2, 0.25) is 0 Å². The molecule has 5 aromatic rings. The lowest BCUT2D eigenvalue weighted by atomic mass is 9.80. The van der Waals surface area contributed by atoms with Gasteiger partial charge in [-0.25, -0.2) is 31.1 Å². The molecule has 0 spiro atoms. The van der Waals surface area contributed by atoms with Crippen molar-refractivity contribution in [2.24, 2.45) is 0 Å². The van der Waals surface area contributed by atoms with Gasteiger partial charge in [0.05, 0.1) is 20.5 Å². The highest BCUT2D eigenvalue weighted by molar-refractivity contribution is 7.90. The number of ether oxygens (including phenoxy) is 2. The quantitative estimate of drug-likeness (QED) is 0.135. The van der Waals surface area contributed by atoms with Crippen molar-refractivity contribution in [1.82, 2.24) is 18.8 Å². The predicted octanol–water partition coefficient (Wildman–Crippen LogP) is 8.10. The first kappa shape index (κ1) is 33.2. The van der Waals surface area contributed by atoms with Crippen molar-refractivity contribution in [1.29, 1.82) is 0 Å². The number of pyridine rings is 1. The number of aryl methyl sites for hydroxylation is 1. The van der Waals surface area contributed by atoms with Gasteiger partial charge in [0, 0.05) is 61.2 Å². The zero-order chi connectivity index (χ0) is 33.6. The standard InChI is InChI=1S/C35H35ClF2N4O4S2/c1-22-4-8-26(9-5-22)48(43,44)42-30(23-6-7-24(29(38)16-23)20-41-14-10-25(37)11-15-41)17-27-32(28(36)18-39-33(27)42)31-19-40-34(47-31)35(12-3-13-35)46-21-45-2/h4-9,16-19,25H,3,10-15,20-21H2,1-2H3. The Labute approximate surface area is 287 Å². The number of hydrogen-bond acceptors (Lipinski definition) is 8. The summed E-state index contributed by atoms with van der Waals surface area (Å²) in [5, 5.41) is 1.61. The lowest BCUT2D eigenvalue weighted by Gasteiger charge is -2.39. The molecule has 1 aliphatic carbocycles. The zero-order valence-electron chi connectivity index (χ0n) is 26.6. The van der Waals surface area contributed by atoms with Crippen LogP contribution in [0.15, 0.2) is 65.8 Å². The first-order valence-electron chi connectivity index (χ1n) is 15.9. The summed E-state index contributed by atoms with van der Waals surface area (Å²) in [5.41, 5.74) is 2.18. The SMILES string of the molecule is COCOC1(c2ncc(-c3c(Cl)cnc4c3cc(-c3ccc(CN5CCC(F)CC5)c(F)c3)n4S(=O)(=O)c3ccc(C)cc3)s2)CCC1. The first-order chi connectivity index (χ1) is 23.1. The Kier molecular flexibility index (Phi) is 9.16. The molecule has 0 unspecified atom stereocenters. The van der Waals surface area contributed by atoms with Gasteiger partial charge < -0.3 is 9.47 Å². The fourth-order valence-corrected chi connectivity index (χ4v) is 9.42. The van der Waals surface area contributed by atoms with Crippen molar-refractivity contribution in [3.63, 3.8) is 0 Å². The minimum absolute atomic E-state index is 0.0702. The molecule has 48 heavy (non-hydrogen) atoms. The van der Waals surface area contributed by atoms with Gasteiger partial charge in [-0.3, -0.25) is 4.90 Å². The zero-order valence-corrected chi connectivity index (χ0v) is 29.0. The molecule has 0 N–H and O–H groups in total. The number of thiazole rings is 1. The van der Waals surface area contributed by atoms with Crippen LogP contribution in [-0.2, 0) is 31.6 Å². The molecule has 2 aliphatic rings. The van der Waals surface area contributed by atoms with Gasteiger partial charge in [0.25, 0.3) is 10.0 Å². The van der Waals surface area contributed by atoms with Gasteiger partial charge in [-0.2, -0.15) is 0 Å². The van der Waals surface area contributed by atoms with E-state index in [2.05, 4.69) is 4.98 Å². The molecular weight excluding hydrogens is 678 g/mol. The number of nitrogens with zero attached hydrogens (tertiary/aromatic N) is 4. The Morgan fingerprint density at radius 2 is 1.81 bits per heavy atom. The summed E-state index contributed by atoms with van der Waals surface area (Å²) in [6, 6.07) is 13.0. The van der Waals surface area contributed by atoms with Crippen LogP contribution < -0.4 is 0 Å². The summed E-state index contributed by atoms with van der Waals surface area (Å²) < 4.78 is 70.6. The Balaban J connectivity index is 1.36. The van der Waals surface area contributed by atoms with Crippen molar-refractivity contribution in [2.75, 3.05) is 27.0 Å². The van der Waals surface area contributed by atoms with E-state index in [1.807, 2.05) is 11.8 Å². The molecule has 4 heterocycles. The van der Waals surface area contributed by atoms with E-state index in [0.29, 0.717) is 59.6 Å². The molecule has 7 rings (SSSR count). The van der Waals surface area contributed by atoms with Crippen molar-refractivity contribution in [3.05, 3.63) is 87.9 Å². The Morgan fingerprint density at radius 3 is 2.48 bits per heavy atom. The molecule has 2 aromatic carbocycles. The third-order valence-electron chi connectivity index (χ3n) is 9.32. The number of alkyl halides is 1. The highest BCUT2D eigenvalue weighted by Gasteiger charge is 2.43. The summed E-state index contributed by atoms with van der Waals surface area (Å²) in [5.74, 6) is -0.473. The highest BCUT2D eigenvalue weighted by atomic mass is 35.5. The predicted molar refractivity (Wildman–Crippen MR) is 183 cm³/mol. The lowest BCUT2D eigenvalue weighted by molar-refractivity contribution is -0.171. The van der Waals surface area contributed by atoms with Crippen molar-refractivity contribution < 1.29 is 26.7 Å². The second-order valence-corrected chi connectivity index (χ2v) is 15.7. The molecule has 252 valence electrons. The number of rotatable bonds is 10. The van der Waals surface area contributed by atoms with E-state index in [1.165, 1.54) is 27.6 Å². The maximum Gasteiger partial charge on any atom is 0.269 e. The van der Waals surface area contributed by atoms with Crippen LogP contribution in [0.4, 0.5) is 8.78 Å². The summed E-state index contributed by atoms with van der Waals surface area (Å²) >= 11 is 8.25. The Bertz CT molecular complexity index is 2070. The van der Waals surface area contributed by atoms with Gasteiger partial charge in [-0.1, -0.05) is 41.4 Å². The molecule has 0 bridgehead atoms. The summed E-state index contributed by atoms with van der Waals surface area (Å²) in [4.78, 5) is 12.1. The van der Waals surface area contributed by atoms with Crippen molar-refractivity contribution in [2.45, 2.75) is 62.2 Å². The maximum atomic E-state index is 15.7. The number of methoxy groups -OCH3 is 1. The van der Waals surface area contributed by atoms with Gasteiger partial charge in [-0.05, 0) is 63.3 Å². The average Bonchev–Trinajstić information content (AvgIpc) is 3.69. The summed E-state index contributed by atoms with van der Waals surface area (Å²) in [6.07, 6.45) is 5.83. The van der Waals surface area contributed by atoms with Crippen LogP contribution in [0.3, 0.4) is 0 Å². The third-order valence-corrected chi connectivity index (χ3v) is 12.5. The van der Waals surface area contributed by atoms with Crippen LogP contribution in [-0.4, -0.2) is 60.4 Å². The van der Waals surface area contributed by atoms with Gasteiger partial charge in [0.1, 0.15) is 29.4 Å². The van der Waals surface area contributed by atoms with Crippen LogP contribution in [0.1, 0.15) is 48.2 Å². The minimum atomic E-state index is -4.20. The van der Waals surface area contributed by atoms with E-state index in [4.69, 9.17) is 26.1 Å². The van der Waals surface area contributed by atoms with Crippen LogP contribution >= 0.6 is 22.9 Å². The molecule has 13 heteroatoms. The number of fused-ring (bicyclic) bond motifs is 1. The molecule has 2 fully saturated rings. The van der Waals surface area contributed by atoms with Crippen LogP contribution in [0.25, 0.3) is 32.7 Å². The summed E-state index contributed by atoms with van der Waals surface area (Å²) in [7, 11) is -2.63. The number of benzene rings is 2.